The fourth-order valence-corrected chi connectivity index (χ4v) is 6.98. The van der Waals surface area contributed by atoms with E-state index in [1.165, 1.54) is 43.5 Å². The average molecular weight is 489 g/mol. The van der Waals surface area contributed by atoms with Crippen molar-refractivity contribution >= 4 is 17.7 Å². The van der Waals surface area contributed by atoms with Gasteiger partial charge in [-0.1, -0.05) is 30.3 Å². The number of amides is 1. The molecule has 2 aliphatic carbocycles. The molecule has 2 aliphatic rings. The van der Waals surface area contributed by atoms with Crippen LogP contribution in [-0.2, 0) is 11.4 Å². The molecule has 2 bridgehead atoms. The predicted molar refractivity (Wildman–Crippen MR) is 132 cm³/mol. The third-order valence-corrected chi connectivity index (χ3v) is 8.40. The molecular formula is C26H37FN4O2S. The summed E-state index contributed by atoms with van der Waals surface area (Å²) in [5.41, 5.74) is 0. The van der Waals surface area contributed by atoms with E-state index in [1.807, 2.05) is 32.6 Å². The number of aromatic nitrogens is 3. The van der Waals surface area contributed by atoms with Crippen molar-refractivity contribution in [3.8, 4) is 5.75 Å². The number of ether oxygens (including phenoxy) is 1. The van der Waals surface area contributed by atoms with Gasteiger partial charge >= 0.3 is 0 Å². The Morgan fingerprint density at radius 3 is 2.50 bits per heavy atom. The maximum atomic E-state index is 14.1. The van der Waals surface area contributed by atoms with Crippen LogP contribution < -0.4 is 4.74 Å². The smallest absolute Gasteiger partial charge is 0.233 e. The van der Waals surface area contributed by atoms with Gasteiger partial charge in [-0.25, -0.2) is 4.39 Å². The van der Waals surface area contributed by atoms with Gasteiger partial charge in [0.2, 0.25) is 5.91 Å². The van der Waals surface area contributed by atoms with Gasteiger partial charge < -0.3 is 9.64 Å². The molecule has 2 saturated carbocycles. The fourth-order valence-electron chi connectivity index (χ4n) is 6.07. The molecule has 2 fully saturated rings. The number of carbonyl (C=O) groups excluding carboxylic acids is 1. The van der Waals surface area contributed by atoms with Crippen LogP contribution in [0.3, 0.4) is 0 Å². The molecule has 2 aromatic rings. The van der Waals surface area contributed by atoms with E-state index in [-0.39, 0.29) is 36.4 Å². The van der Waals surface area contributed by atoms with Crippen molar-refractivity contribution in [2.45, 2.75) is 90.2 Å². The van der Waals surface area contributed by atoms with Crippen molar-refractivity contribution in [3.63, 3.8) is 0 Å². The van der Waals surface area contributed by atoms with Crippen LogP contribution in [0.25, 0.3) is 0 Å². The van der Waals surface area contributed by atoms with Crippen molar-refractivity contribution in [1.29, 1.82) is 0 Å². The van der Waals surface area contributed by atoms with Crippen LogP contribution in [0.2, 0.25) is 0 Å². The summed E-state index contributed by atoms with van der Waals surface area (Å²) in [4.78, 5) is 14.9. The van der Waals surface area contributed by atoms with E-state index in [2.05, 4.69) is 21.7 Å². The SMILES string of the molecule is CC(C)N(C(=O)CSc1nnc(COc2ccccc2F)n1[C@H](C)[C@@H]1C[C@H]2CC[C@H]1C2)C(C)C. The summed E-state index contributed by atoms with van der Waals surface area (Å²) in [5.74, 6) is 3.04. The zero-order valence-electron chi connectivity index (χ0n) is 20.9. The Morgan fingerprint density at radius 2 is 1.88 bits per heavy atom. The summed E-state index contributed by atoms with van der Waals surface area (Å²) in [6.45, 7) is 10.5. The minimum atomic E-state index is -0.391. The quantitative estimate of drug-likeness (QED) is 0.400. The monoisotopic (exact) mass is 488 g/mol. The number of para-hydroxylation sites is 1. The Labute approximate surface area is 206 Å². The number of nitrogens with zero attached hydrogens (tertiary/aromatic N) is 4. The van der Waals surface area contributed by atoms with E-state index < -0.39 is 5.82 Å². The van der Waals surface area contributed by atoms with E-state index in [0.717, 1.165) is 17.0 Å². The second-order valence-electron chi connectivity index (χ2n) is 10.3. The van der Waals surface area contributed by atoms with Crippen LogP contribution in [0.15, 0.2) is 29.4 Å². The standard InChI is InChI=1S/C26H37FN4O2S/c1-16(2)30(17(3)4)25(32)15-34-26-29-28-24(14-33-23-9-7-6-8-22(23)27)31(26)18(5)21-13-19-10-11-20(21)12-19/h6-9,16-21H,10-15H2,1-5H3/t18-,19+,20+,21+/m1/s1. The van der Waals surface area contributed by atoms with Gasteiger partial charge in [-0.2, -0.15) is 0 Å². The highest BCUT2D eigenvalue weighted by atomic mass is 32.2. The van der Waals surface area contributed by atoms with E-state index in [0.29, 0.717) is 17.5 Å². The molecule has 0 unspecified atom stereocenters. The lowest BCUT2D eigenvalue weighted by atomic mass is 9.84. The third kappa shape index (κ3) is 5.26. The van der Waals surface area contributed by atoms with Crippen molar-refractivity contribution in [1.82, 2.24) is 19.7 Å². The summed E-state index contributed by atoms with van der Waals surface area (Å²) >= 11 is 1.44. The van der Waals surface area contributed by atoms with E-state index in [4.69, 9.17) is 4.74 Å². The molecule has 186 valence electrons. The summed E-state index contributed by atoms with van der Waals surface area (Å²) in [5, 5.41) is 9.63. The number of rotatable bonds is 10. The first kappa shape index (κ1) is 25.0. The van der Waals surface area contributed by atoms with E-state index in [9.17, 15) is 9.18 Å². The number of benzene rings is 1. The Bertz CT molecular complexity index is 987. The van der Waals surface area contributed by atoms with Gasteiger partial charge in [0.15, 0.2) is 22.5 Å². The van der Waals surface area contributed by atoms with Crippen LogP contribution in [0, 0.1) is 23.6 Å². The van der Waals surface area contributed by atoms with Crippen molar-refractivity contribution in [3.05, 3.63) is 35.9 Å². The summed E-state index contributed by atoms with van der Waals surface area (Å²) in [7, 11) is 0. The molecule has 0 spiro atoms. The van der Waals surface area contributed by atoms with Gasteiger partial charge in [0.1, 0.15) is 6.61 Å². The molecule has 0 radical (unpaired) electrons. The van der Waals surface area contributed by atoms with Gasteiger partial charge in [-0.05, 0) is 83.8 Å². The van der Waals surface area contributed by atoms with Gasteiger partial charge in [-0.3, -0.25) is 9.36 Å². The number of hydrogen-bond acceptors (Lipinski definition) is 5. The van der Waals surface area contributed by atoms with Crippen LogP contribution in [-0.4, -0.2) is 43.4 Å². The molecule has 1 aromatic carbocycles. The lowest BCUT2D eigenvalue weighted by molar-refractivity contribution is -0.131. The lowest BCUT2D eigenvalue weighted by Gasteiger charge is -2.31. The first-order valence-electron chi connectivity index (χ1n) is 12.5. The first-order chi connectivity index (χ1) is 16.3. The van der Waals surface area contributed by atoms with Crippen LogP contribution in [0.1, 0.15) is 72.2 Å². The van der Waals surface area contributed by atoms with Crippen molar-refractivity contribution < 1.29 is 13.9 Å². The fraction of sp³-hybridized carbons (Fsp3) is 0.654. The zero-order chi connectivity index (χ0) is 24.4. The minimum absolute atomic E-state index is 0.0984. The number of carbonyl (C=O) groups is 1. The molecular weight excluding hydrogens is 451 g/mol. The number of hydrogen-bond donors (Lipinski definition) is 0. The molecule has 0 saturated heterocycles. The molecule has 6 nitrogen and oxygen atoms in total. The molecule has 0 aliphatic heterocycles. The molecule has 1 amide bonds. The Kier molecular flexibility index (Phi) is 7.85. The molecule has 34 heavy (non-hydrogen) atoms. The lowest BCUT2D eigenvalue weighted by Crippen LogP contribution is -2.43. The zero-order valence-corrected chi connectivity index (χ0v) is 21.7. The highest BCUT2D eigenvalue weighted by molar-refractivity contribution is 7.99. The van der Waals surface area contributed by atoms with Crippen LogP contribution in [0.4, 0.5) is 4.39 Å². The minimum Gasteiger partial charge on any atom is -0.483 e. The predicted octanol–water partition coefficient (Wildman–Crippen LogP) is 5.73. The average Bonchev–Trinajstić information content (AvgIpc) is 3.52. The molecule has 4 atom stereocenters. The molecule has 8 heteroatoms. The third-order valence-electron chi connectivity index (χ3n) is 7.47. The van der Waals surface area contributed by atoms with Crippen molar-refractivity contribution in [2.24, 2.45) is 17.8 Å². The van der Waals surface area contributed by atoms with Crippen LogP contribution >= 0.6 is 11.8 Å². The first-order valence-corrected chi connectivity index (χ1v) is 13.5. The number of halogens is 1. The van der Waals surface area contributed by atoms with Gasteiger partial charge in [-0.15, -0.1) is 10.2 Å². The topological polar surface area (TPSA) is 60.3 Å². The number of fused-ring (bicyclic) bond motifs is 2. The van der Waals surface area contributed by atoms with E-state index in [1.54, 1.807) is 18.2 Å². The van der Waals surface area contributed by atoms with Crippen molar-refractivity contribution in [2.75, 3.05) is 5.75 Å². The van der Waals surface area contributed by atoms with Gasteiger partial charge in [0, 0.05) is 18.1 Å². The maximum Gasteiger partial charge on any atom is 0.233 e. The highest BCUT2D eigenvalue weighted by Gasteiger charge is 2.43. The normalized spacial score (nSPS) is 22.5. The molecule has 0 N–H and O–H groups in total. The largest absolute Gasteiger partial charge is 0.483 e. The molecule has 1 heterocycles. The van der Waals surface area contributed by atoms with Crippen LogP contribution in [0.5, 0.6) is 5.75 Å². The van der Waals surface area contributed by atoms with Gasteiger partial charge in [0.05, 0.1) is 5.75 Å². The molecule has 4 rings (SSSR count). The van der Waals surface area contributed by atoms with Gasteiger partial charge in [0.25, 0.3) is 0 Å². The Balaban J connectivity index is 1.54. The Morgan fingerprint density at radius 1 is 1.15 bits per heavy atom. The Hall–Kier alpha value is -2.09. The second kappa shape index (κ2) is 10.7. The summed E-state index contributed by atoms with van der Waals surface area (Å²) in [6, 6.07) is 6.89. The number of thioether (sulfide) groups is 1. The molecule has 1 aromatic heterocycles. The summed E-state index contributed by atoms with van der Waals surface area (Å²) < 4.78 is 22.1. The maximum absolute atomic E-state index is 14.1. The van der Waals surface area contributed by atoms with E-state index >= 15 is 0 Å². The second-order valence-corrected chi connectivity index (χ2v) is 11.3. The highest BCUT2D eigenvalue weighted by Crippen LogP contribution is 2.52. The summed E-state index contributed by atoms with van der Waals surface area (Å²) in [6.07, 6.45) is 5.18.